The molecule has 0 aliphatic rings. The number of carbonyl (C=O) groups excluding carboxylic acids is 2. The maximum atomic E-state index is 12.7. The molecule has 0 fully saturated rings. The van der Waals surface area contributed by atoms with Crippen LogP contribution in [0, 0.1) is 0 Å². The summed E-state index contributed by atoms with van der Waals surface area (Å²) in [5.41, 5.74) is 5.37. The molecule has 0 aromatic heterocycles. The topological polar surface area (TPSA) is 134 Å². The highest BCUT2D eigenvalue weighted by Gasteiger charge is 2.26. The Hall–Kier alpha value is -1.25. The normalized spacial score (nSPS) is 13.1. The van der Waals surface area contributed by atoms with Gasteiger partial charge in [0.2, 0.25) is 0 Å². The molecule has 0 saturated heterocycles. The van der Waals surface area contributed by atoms with Crippen molar-refractivity contribution in [2.45, 2.75) is 290 Å². The number of nitrogens with two attached hydrogens (primary N) is 1. The Labute approximate surface area is 389 Å². The quantitative estimate of drug-likeness (QED) is 0.0265. The molecule has 0 saturated carbocycles. The molecule has 0 spiro atoms. The second-order valence-electron chi connectivity index (χ2n) is 18.5. The van der Waals surface area contributed by atoms with Crippen molar-refractivity contribution in [1.29, 1.82) is 0 Å². The first-order valence-electron chi connectivity index (χ1n) is 27.2. The molecule has 0 heterocycles. The average Bonchev–Trinajstić information content (AvgIpc) is 3.27. The van der Waals surface area contributed by atoms with E-state index >= 15 is 0 Å². The smallest absolute Gasteiger partial charge is 0.462 e. The molecule has 0 aliphatic heterocycles. The second kappa shape index (κ2) is 50.2. The Morgan fingerprint density at radius 2 is 0.778 bits per heavy atom. The van der Waals surface area contributed by atoms with E-state index in [0.717, 1.165) is 32.1 Å². The molecule has 3 N–H and O–H groups in total. The van der Waals surface area contributed by atoms with Crippen LogP contribution < -0.4 is 5.73 Å². The Bertz CT molecular complexity index is 1040. The van der Waals surface area contributed by atoms with Crippen LogP contribution in [0.25, 0.3) is 0 Å². The molecular formula is C53H104NO8P. The molecule has 374 valence electrons. The van der Waals surface area contributed by atoms with Crippen molar-refractivity contribution < 1.29 is 37.6 Å². The van der Waals surface area contributed by atoms with Gasteiger partial charge < -0.3 is 20.1 Å². The van der Waals surface area contributed by atoms with E-state index in [0.29, 0.717) is 6.42 Å². The van der Waals surface area contributed by atoms with Crippen molar-refractivity contribution in [3.63, 3.8) is 0 Å². The average molecular weight is 914 g/mol. The first kappa shape index (κ1) is 61.8. The van der Waals surface area contributed by atoms with Crippen LogP contribution in [0.1, 0.15) is 284 Å². The molecule has 0 aliphatic carbocycles. The van der Waals surface area contributed by atoms with E-state index in [1.165, 1.54) is 218 Å². The van der Waals surface area contributed by atoms with Gasteiger partial charge in [-0.1, -0.05) is 244 Å². The minimum Gasteiger partial charge on any atom is -0.462 e. The maximum Gasteiger partial charge on any atom is 0.472 e. The molecule has 10 heteroatoms. The van der Waals surface area contributed by atoms with Crippen molar-refractivity contribution in [2.24, 2.45) is 5.73 Å². The number of allylic oxidation sites excluding steroid dienone is 2. The van der Waals surface area contributed by atoms with Crippen LogP contribution in [0.2, 0.25) is 0 Å². The molecule has 0 radical (unpaired) electrons. The van der Waals surface area contributed by atoms with Gasteiger partial charge >= 0.3 is 19.8 Å². The van der Waals surface area contributed by atoms with Crippen molar-refractivity contribution in [3.8, 4) is 0 Å². The fourth-order valence-electron chi connectivity index (χ4n) is 8.10. The summed E-state index contributed by atoms with van der Waals surface area (Å²) < 4.78 is 33.0. The summed E-state index contributed by atoms with van der Waals surface area (Å²) in [5.74, 6) is -0.810. The van der Waals surface area contributed by atoms with E-state index in [1.54, 1.807) is 0 Å². The third-order valence-electron chi connectivity index (χ3n) is 12.2. The molecule has 0 bridgehead atoms. The highest BCUT2D eigenvalue weighted by Crippen LogP contribution is 2.43. The van der Waals surface area contributed by atoms with Crippen LogP contribution in [-0.2, 0) is 32.7 Å². The zero-order valence-electron chi connectivity index (χ0n) is 41.6. The summed E-state index contributed by atoms with van der Waals surface area (Å²) in [5, 5.41) is 0. The standard InChI is InChI=1S/C53H104NO8P/c1-3-5-7-9-11-13-15-17-19-21-23-25-27-29-31-33-35-37-39-41-43-45-52(55)59-49-51(50-61-63(57,58)60-48-47-54)62-53(56)46-44-42-40-38-36-34-32-30-28-26-24-22-20-18-16-14-12-10-8-6-4-2/h18,20,51H,3-17,19,21-50,54H2,1-2H3,(H,57,58)/b20-18+/t51-/m1/s1. The SMILES string of the molecule is CCCCCCCC/C=C/CCCCCCCCCCCCCC(=O)O[C@H](COC(=O)CCCCCCCCCCCCCCCCCCCCCCC)COP(=O)(O)OCCN. The molecule has 0 aromatic carbocycles. The van der Waals surface area contributed by atoms with E-state index < -0.39 is 26.5 Å². The van der Waals surface area contributed by atoms with Gasteiger partial charge in [0, 0.05) is 19.4 Å². The van der Waals surface area contributed by atoms with Gasteiger partial charge in [0.25, 0.3) is 0 Å². The van der Waals surface area contributed by atoms with Gasteiger partial charge in [0.1, 0.15) is 6.61 Å². The second-order valence-corrected chi connectivity index (χ2v) is 19.9. The molecule has 0 rings (SSSR count). The van der Waals surface area contributed by atoms with E-state index in [-0.39, 0.29) is 38.6 Å². The Balaban J connectivity index is 3.97. The van der Waals surface area contributed by atoms with E-state index in [1.807, 2.05) is 0 Å². The van der Waals surface area contributed by atoms with Crippen molar-refractivity contribution in [3.05, 3.63) is 12.2 Å². The molecule has 9 nitrogen and oxygen atoms in total. The minimum atomic E-state index is -4.38. The van der Waals surface area contributed by atoms with Crippen molar-refractivity contribution >= 4 is 19.8 Å². The number of hydrogen-bond donors (Lipinski definition) is 2. The van der Waals surface area contributed by atoms with Crippen LogP contribution in [0.4, 0.5) is 0 Å². The zero-order chi connectivity index (χ0) is 46.0. The molecule has 2 atom stereocenters. The van der Waals surface area contributed by atoms with E-state index in [2.05, 4.69) is 26.0 Å². The van der Waals surface area contributed by atoms with Crippen LogP contribution in [-0.4, -0.2) is 49.3 Å². The molecule has 0 amide bonds. The first-order valence-corrected chi connectivity index (χ1v) is 28.7. The van der Waals surface area contributed by atoms with Crippen LogP contribution in [0.15, 0.2) is 12.2 Å². The number of ether oxygens (including phenoxy) is 2. The number of phosphoric ester groups is 1. The van der Waals surface area contributed by atoms with E-state index in [4.69, 9.17) is 24.3 Å². The van der Waals surface area contributed by atoms with Gasteiger partial charge in [-0.15, -0.1) is 0 Å². The predicted octanol–water partition coefficient (Wildman–Crippen LogP) is 16.5. The Morgan fingerprint density at radius 3 is 1.13 bits per heavy atom. The lowest BCUT2D eigenvalue weighted by Gasteiger charge is -2.19. The fraction of sp³-hybridized carbons (Fsp3) is 0.925. The number of rotatable bonds is 52. The maximum absolute atomic E-state index is 12.7. The minimum absolute atomic E-state index is 0.0567. The summed E-state index contributed by atoms with van der Waals surface area (Å²) in [6, 6.07) is 0. The van der Waals surface area contributed by atoms with Gasteiger partial charge in [0.15, 0.2) is 6.10 Å². The third kappa shape index (κ3) is 50.0. The van der Waals surface area contributed by atoms with Crippen molar-refractivity contribution in [1.82, 2.24) is 0 Å². The van der Waals surface area contributed by atoms with Crippen molar-refractivity contribution in [2.75, 3.05) is 26.4 Å². The summed E-state index contributed by atoms with van der Waals surface area (Å²) in [7, 11) is -4.38. The summed E-state index contributed by atoms with van der Waals surface area (Å²) in [6.07, 6.45) is 55.4. The highest BCUT2D eigenvalue weighted by molar-refractivity contribution is 7.47. The van der Waals surface area contributed by atoms with Gasteiger partial charge in [-0.05, 0) is 38.5 Å². The monoisotopic (exact) mass is 914 g/mol. The number of phosphoric acid groups is 1. The molecule has 0 aromatic rings. The van der Waals surface area contributed by atoms with Crippen LogP contribution in [0.3, 0.4) is 0 Å². The largest absolute Gasteiger partial charge is 0.472 e. The van der Waals surface area contributed by atoms with E-state index in [9.17, 15) is 19.0 Å². The van der Waals surface area contributed by atoms with Crippen LogP contribution >= 0.6 is 7.82 Å². The number of unbranched alkanes of at least 4 members (excludes halogenated alkanes) is 37. The van der Waals surface area contributed by atoms with Crippen LogP contribution in [0.5, 0.6) is 0 Å². The molecule has 1 unspecified atom stereocenters. The lowest BCUT2D eigenvalue weighted by atomic mass is 10.0. The highest BCUT2D eigenvalue weighted by atomic mass is 31.2. The molecular weight excluding hydrogens is 810 g/mol. The molecule has 63 heavy (non-hydrogen) atoms. The van der Waals surface area contributed by atoms with Gasteiger partial charge in [-0.25, -0.2) is 4.57 Å². The Morgan fingerprint density at radius 1 is 0.460 bits per heavy atom. The number of carbonyl (C=O) groups is 2. The summed E-state index contributed by atoms with van der Waals surface area (Å²) in [6.45, 7) is 3.80. The Kier molecular flexibility index (Phi) is 49.2. The van der Waals surface area contributed by atoms with Gasteiger partial charge in [0.05, 0.1) is 13.2 Å². The van der Waals surface area contributed by atoms with Gasteiger partial charge in [-0.3, -0.25) is 18.6 Å². The zero-order valence-corrected chi connectivity index (χ0v) is 42.5. The fourth-order valence-corrected chi connectivity index (χ4v) is 8.87. The third-order valence-corrected chi connectivity index (χ3v) is 13.1. The number of esters is 2. The lowest BCUT2D eigenvalue weighted by Crippen LogP contribution is -2.29. The predicted molar refractivity (Wildman–Crippen MR) is 266 cm³/mol. The first-order chi connectivity index (χ1) is 30.8. The lowest BCUT2D eigenvalue weighted by molar-refractivity contribution is -0.161. The number of hydrogen-bond acceptors (Lipinski definition) is 8. The summed E-state index contributed by atoms with van der Waals surface area (Å²) in [4.78, 5) is 35.1. The van der Waals surface area contributed by atoms with Gasteiger partial charge in [-0.2, -0.15) is 0 Å². The summed E-state index contributed by atoms with van der Waals surface area (Å²) >= 11 is 0.